The number of hydrogen-bond donors (Lipinski definition) is 2. The minimum absolute atomic E-state index is 0.0134. The molecular formula is C45H58N4O6. The van der Waals surface area contributed by atoms with Crippen LogP contribution in [0.25, 0.3) is 21.8 Å². The van der Waals surface area contributed by atoms with Crippen molar-refractivity contribution in [3.63, 3.8) is 0 Å². The molecule has 2 aliphatic heterocycles. The van der Waals surface area contributed by atoms with E-state index in [2.05, 4.69) is 40.7 Å². The summed E-state index contributed by atoms with van der Waals surface area (Å²) in [5.41, 5.74) is 9.12. The Kier molecular flexibility index (Phi) is 11.1. The molecule has 3 aliphatic carbocycles. The lowest BCUT2D eigenvalue weighted by Gasteiger charge is -2.33. The lowest BCUT2D eigenvalue weighted by atomic mass is 9.75. The standard InChI is InChI=1S/C26H35N3O3.C19H23NO3/c1-28(12-9-25(30)27-20-5-6-20)26(31)19-4-8-24-22(16-19)21-15-18(3-7-23(21)29(24)2)17-10-13-32-14-11-17;1-20-17-4-2-13(12-6-8-23-9-7-12)10-15(17)16-11-14(19(21)22)3-5-18(16)20/h4,8,16-18,20H,3,5-7,9-15H2,1-2H3,(H,27,30);3,5,11-13H,2,4,6-10H2,1H3,(H,21,22). The van der Waals surface area contributed by atoms with Crippen molar-refractivity contribution in [2.75, 3.05) is 40.0 Å². The lowest BCUT2D eigenvalue weighted by Crippen LogP contribution is -2.33. The van der Waals surface area contributed by atoms with E-state index in [1.807, 2.05) is 18.2 Å². The van der Waals surface area contributed by atoms with Crippen LogP contribution in [-0.4, -0.2) is 83.0 Å². The molecule has 0 bridgehead atoms. The molecule has 2 unspecified atom stereocenters. The molecule has 2 saturated heterocycles. The molecule has 0 radical (unpaired) electrons. The average molecular weight is 751 g/mol. The number of fused-ring (bicyclic) bond motifs is 6. The van der Waals surface area contributed by atoms with E-state index in [-0.39, 0.29) is 11.8 Å². The Hall–Kier alpha value is -4.15. The molecule has 5 aliphatic rings. The Bertz CT molecular complexity index is 2060. The number of ether oxygens (including phenoxy) is 2. The van der Waals surface area contributed by atoms with Crippen molar-refractivity contribution >= 4 is 39.6 Å². The summed E-state index contributed by atoms with van der Waals surface area (Å²) in [5, 5.41) is 14.6. The molecule has 4 heterocycles. The third-order valence-electron chi connectivity index (χ3n) is 13.6. The highest BCUT2D eigenvalue weighted by Crippen LogP contribution is 2.41. The topological polar surface area (TPSA) is 115 Å². The highest BCUT2D eigenvalue weighted by atomic mass is 16.5. The third kappa shape index (κ3) is 7.95. The average Bonchev–Trinajstić information content (AvgIpc) is 3.95. The smallest absolute Gasteiger partial charge is 0.335 e. The van der Waals surface area contributed by atoms with Crippen molar-refractivity contribution in [1.82, 2.24) is 19.4 Å². The van der Waals surface area contributed by atoms with Gasteiger partial charge in [-0.2, -0.15) is 0 Å². The van der Waals surface area contributed by atoms with Gasteiger partial charge in [0.1, 0.15) is 0 Å². The molecule has 294 valence electrons. The second-order valence-electron chi connectivity index (χ2n) is 17.0. The predicted octanol–water partition coefficient (Wildman–Crippen LogP) is 6.86. The predicted molar refractivity (Wildman–Crippen MR) is 214 cm³/mol. The quantitative estimate of drug-likeness (QED) is 0.204. The van der Waals surface area contributed by atoms with Crippen LogP contribution in [0.4, 0.5) is 0 Å². The van der Waals surface area contributed by atoms with Crippen molar-refractivity contribution in [3.05, 3.63) is 70.0 Å². The van der Waals surface area contributed by atoms with Gasteiger partial charge in [0.05, 0.1) is 5.56 Å². The van der Waals surface area contributed by atoms with E-state index in [0.29, 0.717) is 42.0 Å². The van der Waals surface area contributed by atoms with Crippen molar-refractivity contribution in [3.8, 4) is 0 Å². The van der Waals surface area contributed by atoms with Crippen molar-refractivity contribution in [2.24, 2.45) is 37.8 Å². The van der Waals surface area contributed by atoms with E-state index in [0.717, 1.165) is 87.7 Å². The zero-order valence-electron chi connectivity index (χ0n) is 32.9. The molecule has 1 saturated carbocycles. The summed E-state index contributed by atoms with van der Waals surface area (Å²) in [6.07, 6.45) is 14.1. The van der Waals surface area contributed by atoms with Gasteiger partial charge >= 0.3 is 5.97 Å². The van der Waals surface area contributed by atoms with Gasteiger partial charge in [-0.3, -0.25) is 9.59 Å². The first-order valence-electron chi connectivity index (χ1n) is 20.8. The Morgan fingerprint density at radius 2 is 1.20 bits per heavy atom. The first-order chi connectivity index (χ1) is 26.7. The molecule has 2 aromatic carbocycles. The monoisotopic (exact) mass is 750 g/mol. The van der Waals surface area contributed by atoms with E-state index >= 15 is 0 Å². The van der Waals surface area contributed by atoms with Gasteiger partial charge in [0.2, 0.25) is 5.91 Å². The Morgan fingerprint density at radius 3 is 1.69 bits per heavy atom. The fourth-order valence-electron chi connectivity index (χ4n) is 10.2. The number of carbonyl (C=O) groups is 3. The number of carboxylic acid groups (broad SMARTS) is 1. The van der Waals surface area contributed by atoms with Gasteiger partial charge in [0, 0.05) is 105 Å². The molecule has 9 rings (SSSR count). The molecule has 3 fully saturated rings. The SMILES string of the molecule is CN(CCC(=O)NC1CC1)C(=O)c1ccc2c(c1)c1c(n2C)CCC(C2CCOCC2)C1.Cn1c2c(c3cc(C(=O)O)ccc31)CC(C1CCOCC1)CC2. The number of hydrogen-bond acceptors (Lipinski definition) is 5. The van der Waals surface area contributed by atoms with Gasteiger partial charge in [-0.15, -0.1) is 0 Å². The van der Waals surface area contributed by atoms with Crippen LogP contribution in [-0.2, 0) is 54.0 Å². The van der Waals surface area contributed by atoms with Crippen molar-refractivity contribution in [2.45, 2.75) is 89.5 Å². The van der Waals surface area contributed by atoms with E-state index < -0.39 is 5.97 Å². The summed E-state index contributed by atoms with van der Waals surface area (Å²) >= 11 is 0. The van der Waals surface area contributed by atoms with Crippen LogP contribution >= 0.6 is 0 Å². The van der Waals surface area contributed by atoms with E-state index in [4.69, 9.17) is 9.47 Å². The number of carboxylic acids is 1. The molecule has 2 amide bonds. The van der Waals surface area contributed by atoms with Crippen molar-refractivity contribution < 1.29 is 29.0 Å². The third-order valence-corrected chi connectivity index (χ3v) is 13.6. The van der Waals surface area contributed by atoms with Gasteiger partial charge < -0.3 is 33.9 Å². The highest BCUT2D eigenvalue weighted by Gasteiger charge is 2.33. The minimum Gasteiger partial charge on any atom is -0.478 e. The number of rotatable bonds is 8. The van der Waals surface area contributed by atoms with Crippen LogP contribution < -0.4 is 5.32 Å². The molecule has 10 heteroatoms. The minimum atomic E-state index is -0.846. The van der Waals surface area contributed by atoms with Crippen LogP contribution in [0.2, 0.25) is 0 Å². The molecule has 4 aromatic rings. The Balaban J connectivity index is 0.000000164. The second-order valence-corrected chi connectivity index (χ2v) is 17.0. The maximum absolute atomic E-state index is 13.1. The number of nitrogens with zero attached hydrogens (tertiary/aromatic N) is 3. The van der Waals surface area contributed by atoms with E-state index in [9.17, 15) is 19.5 Å². The number of nitrogens with one attached hydrogen (secondary N) is 1. The zero-order chi connectivity index (χ0) is 38.2. The van der Waals surface area contributed by atoms with E-state index in [1.54, 1.807) is 18.0 Å². The molecule has 2 aromatic heterocycles. The van der Waals surface area contributed by atoms with Gasteiger partial charge in [0.25, 0.3) is 5.91 Å². The van der Waals surface area contributed by atoms with Crippen LogP contribution in [0, 0.1) is 23.7 Å². The van der Waals surface area contributed by atoms with Crippen LogP contribution in [0.1, 0.15) is 101 Å². The molecule has 2 N–H and O–H groups in total. The normalized spacial score (nSPS) is 21.7. The van der Waals surface area contributed by atoms with E-state index in [1.165, 1.54) is 71.9 Å². The number of aromatic nitrogens is 2. The Labute approximate surface area is 324 Å². The van der Waals surface area contributed by atoms with Crippen LogP contribution in [0.15, 0.2) is 36.4 Å². The first-order valence-corrected chi connectivity index (χ1v) is 20.8. The van der Waals surface area contributed by atoms with Crippen molar-refractivity contribution in [1.29, 1.82) is 0 Å². The summed E-state index contributed by atoms with van der Waals surface area (Å²) in [5.74, 6) is 2.12. The second kappa shape index (κ2) is 16.1. The summed E-state index contributed by atoms with van der Waals surface area (Å²) in [7, 11) is 6.05. The molecule has 55 heavy (non-hydrogen) atoms. The fourth-order valence-corrected chi connectivity index (χ4v) is 10.2. The van der Waals surface area contributed by atoms with Gasteiger partial charge in [-0.05, 0) is 148 Å². The van der Waals surface area contributed by atoms with Gasteiger partial charge in [-0.25, -0.2) is 4.79 Å². The summed E-state index contributed by atoms with van der Waals surface area (Å²) in [4.78, 5) is 38.1. The largest absolute Gasteiger partial charge is 0.478 e. The summed E-state index contributed by atoms with van der Waals surface area (Å²) in [6, 6.07) is 12.0. The number of benzene rings is 2. The molecular weight excluding hydrogens is 693 g/mol. The molecule has 10 nitrogen and oxygen atoms in total. The number of carbonyl (C=O) groups excluding carboxylic acids is 2. The van der Waals surface area contributed by atoms with Gasteiger partial charge in [-0.1, -0.05) is 0 Å². The molecule has 2 atom stereocenters. The van der Waals surface area contributed by atoms with Crippen LogP contribution in [0.3, 0.4) is 0 Å². The zero-order valence-corrected chi connectivity index (χ0v) is 32.9. The number of amides is 2. The first kappa shape index (κ1) is 37.8. The summed E-state index contributed by atoms with van der Waals surface area (Å²) in [6.45, 7) is 4.02. The maximum Gasteiger partial charge on any atom is 0.335 e. The fraction of sp³-hybridized carbons (Fsp3) is 0.578. The van der Waals surface area contributed by atoms with Crippen LogP contribution in [0.5, 0.6) is 0 Å². The Morgan fingerprint density at radius 1 is 0.709 bits per heavy atom. The maximum atomic E-state index is 13.1. The van der Waals surface area contributed by atoms with Gasteiger partial charge in [0.15, 0.2) is 0 Å². The summed E-state index contributed by atoms with van der Waals surface area (Å²) < 4.78 is 15.7. The lowest BCUT2D eigenvalue weighted by molar-refractivity contribution is -0.121. The highest BCUT2D eigenvalue weighted by molar-refractivity contribution is 5.99. The number of aryl methyl sites for hydroxylation is 2. The number of aromatic carboxylic acids is 1. The molecule has 0 spiro atoms.